The van der Waals surface area contributed by atoms with E-state index >= 15 is 0 Å². The van der Waals surface area contributed by atoms with E-state index in [1.54, 1.807) is 6.07 Å². The molecule has 7 nitrogen and oxygen atoms in total. The van der Waals surface area contributed by atoms with Gasteiger partial charge in [0.25, 0.3) is 5.91 Å². The topological polar surface area (TPSA) is 105 Å². The van der Waals surface area contributed by atoms with Crippen LogP contribution in [0.5, 0.6) is 11.5 Å². The number of hydrogen-bond acceptors (Lipinski definition) is 6. The number of aliphatic hydroxyl groups is 1. The molecule has 32 heavy (non-hydrogen) atoms. The number of aliphatic hydroxyl groups excluding tert-OH is 1. The van der Waals surface area contributed by atoms with Crippen LogP contribution in [0.25, 0.3) is 0 Å². The van der Waals surface area contributed by atoms with E-state index < -0.39 is 28.6 Å². The summed E-state index contributed by atoms with van der Waals surface area (Å²) in [4.78, 5) is 24.0. The number of esters is 1. The second-order valence-electron chi connectivity index (χ2n) is 11.2. The maximum atomic E-state index is 12.2. The quantitative estimate of drug-likeness (QED) is 0.576. The van der Waals surface area contributed by atoms with Crippen molar-refractivity contribution in [2.45, 2.75) is 84.7 Å². The van der Waals surface area contributed by atoms with Crippen LogP contribution in [0.3, 0.4) is 0 Å². The van der Waals surface area contributed by atoms with E-state index in [0.29, 0.717) is 30.7 Å². The molecule has 1 aromatic rings. The van der Waals surface area contributed by atoms with Gasteiger partial charge in [0.1, 0.15) is 23.2 Å². The Morgan fingerprint density at radius 1 is 1.25 bits per heavy atom. The summed E-state index contributed by atoms with van der Waals surface area (Å²) in [5.41, 5.74) is 0.538. The molecule has 2 fully saturated rings. The first-order chi connectivity index (χ1) is 14.9. The molecule has 0 radical (unpaired) electrons. The Bertz CT molecular complexity index is 1020. The molecule has 1 spiro atoms. The predicted molar refractivity (Wildman–Crippen MR) is 116 cm³/mol. The van der Waals surface area contributed by atoms with Gasteiger partial charge in [0.15, 0.2) is 0 Å². The molecule has 1 aromatic carbocycles. The lowest BCUT2D eigenvalue weighted by atomic mass is 9.43. The number of carbonyl (C=O) groups is 2. The van der Waals surface area contributed by atoms with Gasteiger partial charge in [-0.25, -0.2) is 0 Å². The second kappa shape index (κ2) is 6.62. The summed E-state index contributed by atoms with van der Waals surface area (Å²) in [6.07, 6.45) is 1.46. The largest absolute Gasteiger partial charge is 0.508 e. The first-order valence-corrected chi connectivity index (χ1v) is 11.6. The number of benzene rings is 1. The Morgan fingerprint density at radius 3 is 2.66 bits per heavy atom. The molecule has 7 heteroatoms. The van der Waals surface area contributed by atoms with Crippen molar-refractivity contribution in [2.24, 2.45) is 22.7 Å². The normalized spacial score (nSPS) is 39.0. The van der Waals surface area contributed by atoms with Crippen LogP contribution in [0.1, 0.15) is 75.4 Å². The Labute approximate surface area is 188 Å². The first-order valence-electron chi connectivity index (χ1n) is 11.6. The highest BCUT2D eigenvalue weighted by molar-refractivity contribution is 6.00. The summed E-state index contributed by atoms with van der Waals surface area (Å²) in [6, 6.07) is 1.56. The lowest BCUT2D eigenvalue weighted by Crippen LogP contribution is -2.69. The average Bonchev–Trinajstić information content (AvgIpc) is 3.27. The van der Waals surface area contributed by atoms with Gasteiger partial charge < -0.3 is 25.0 Å². The van der Waals surface area contributed by atoms with Crippen molar-refractivity contribution < 1.29 is 29.3 Å². The van der Waals surface area contributed by atoms with E-state index in [2.05, 4.69) is 33.0 Å². The number of phenols is 1. The van der Waals surface area contributed by atoms with E-state index in [-0.39, 0.29) is 29.5 Å². The fourth-order valence-corrected chi connectivity index (χ4v) is 7.72. The molecule has 4 aliphatic rings. The lowest BCUT2D eigenvalue weighted by molar-refractivity contribution is -0.246. The third kappa shape index (κ3) is 2.57. The molecule has 0 bridgehead atoms. The maximum absolute atomic E-state index is 12.2. The van der Waals surface area contributed by atoms with Gasteiger partial charge >= 0.3 is 5.97 Å². The van der Waals surface area contributed by atoms with Crippen molar-refractivity contribution in [2.75, 3.05) is 0 Å². The summed E-state index contributed by atoms with van der Waals surface area (Å²) < 4.78 is 12.5. The van der Waals surface area contributed by atoms with E-state index in [0.717, 1.165) is 24.0 Å². The summed E-state index contributed by atoms with van der Waals surface area (Å²) in [6.45, 7) is 10.3. The highest BCUT2D eigenvalue weighted by Gasteiger charge is 2.69. The number of phenolic OH excluding ortho intramolecular Hbond substituents is 1. The number of fused-ring (bicyclic) bond motifs is 5. The predicted octanol–water partition coefficient (Wildman–Crippen LogP) is 3.08. The van der Waals surface area contributed by atoms with E-state index in [1.807, 2.05) is 0 Å². The number of aromatic hydroxyl groups is 1. The molecule has 5 rings (SSSR count). The van der Waals surface area contributed by atoms with Crippen LogP contribution in [0.2, 0.25) is 0 Å². The van der Waals surface area contributed by atoms with Gasteiger partial charge in [-0.1, -0.05) is 27.7 Å². The lowest BCUT2D eigenvalue weighted by Gasteiger charge is -2.65. The molecule has 2 aliphatic carbocycles. The van der Waals surface area contributed by atoms with E-state index in [1.165, 1.54) is 6.92 Å². The average molecular weight is 444 g/mol. The molecule has 0 aromatic heterocycles. The number of amides is 1. The van der Waals surface area contributed by atoms with Gasteiger partial charge in [-0.3, -0.25) is 9.59 Å². The van der Waals surface area contributed by atoms with Gasteiger partial charge in [-0.05, 0) is 37.2 Å². The Hall–Kier alpha value is -2.28. The minimum absolute atomic E-state index is 0.0963. The third-order valence-corrected chi connectivity index (χ3v) is 9.18. The van der Waals surface area contributed by atoms with Crippen LogP contribution in [-0.4, -0.2) is 39.9 Å². The highest BCUT2D eigenvalue weighted by atomic mass is 16.6. The molecule has 2 heterocycles. The fraction of sp³-hybridized carbons (Fsp3) is 0.680. The minimum Gasteiger partial charge on any atom is -0.508 e. The van der Waals surface area contributed by atoms with Crippen molar-refractivity contribution in [3.05, 3.63) is 22.8 Å². The SMILES string of the molecule is CC(=O)O[C@@H]1C(O)C[C@@]2(C)C(CC[C@@H](C)C23Cc2c(O)cc4c(c2O3)CNC4=O)C1(C)C. The first kappa shape index (κ1) is 21.6. The molecule has 2 saturated carbocycles. The van der Waals surface area contributed by atoms with Crippen molar-refractivity contribution in [3.8, 4) is 11.5 Å². The molecular formula is C25H33NO6. The zero-order chi connectivity index (χ0) is 23.2. The summed E-state index contributed by atoms with van der Waals surface area (Å²) in [5, 5.41) is 24.9. The van der Waals surface area contributed by atoms with Crippen molar-refractivity contribution in [3.63, 3.8) is 0 Å². The van der Waals surface area contributed by atoms with E-state index in [4.69, 9.17) is 9.47 Å². The highest BCUT2D eigenvalue weighted by Crippen LogP contribution is 2.67. The maximum Gasteiger partial charge on any atom is 0.303 e. The molecule has 6 atom stereocenters. The molecule has 174 valence electrons. The molecule has 3 N–H and O–H groups in total. The monoisotopic (exact) mass is 443 g/mol. The van der Waals surface area contributed by atoms with Crippen LogP contribution in [-0.2, 0) is 22.5 Å². The van der Waals surface area contributed by atoms with Crippen LogP contribution in [0, 0.1) is 22.7 Å². The van der Waals surface area contributed by atoms with Crippen LogP contribution < -0.4 is 10.1 Å². The molecular weight excluding hydrogens is 410 g/mol. The fourth-order valence-electron chi connectivity index (χ4n) is 7.72. The van der Waals surface area contributed by atoms with Crippen molar-refractivity contribution >= 4 is 11.9 Å². The number of ether oxygens (including phenoxy) is 2. The number of carbonyl (C=O) groups excluding carboxylic acids is 2. The standard InChI is InChI=1S/C25H33NO6/c1-12-6-7-19-23(3,4)21(31-13(2)27)18(29)10-24(19,5)25(12)9-15-17(28)8-14-16(20(15)32-25)11-26-22(14)30/h8,12,18-19,21,28-29H,6-7,9-11H2,1-5H3,(H,26,30)/t12-,18?,19?,21-,24+,25?/m1/s1. The Kier molecular flexibility index (Phi) is 4.46. The molecule has 3 unspecified atom stereocenters. The smallest absolute Gasteiger partial charge is 0.303 e. The second-order valence-corrected chi connectivity index (χ2v) is 11.2. The third-order valence-electron chi connectivity index (χ3n) is 9.18. The van der Waals surface area contributed by atoms with Gasteiger partial charge in [0.2, 0.25) is 0 Å². The van der Waals surface area contributed by atoms with Crippen molar-refractivity contribution in [1.82, 2.24) is 5.32 Å². The van der Waals surface area contributed by atoms with Crippen LogP contribution in [0.15, 0.2) is 6.07 Å². The Morgan fingerprint density at radius 2 is 1.97 bits per heavy atom. The van der Waals surface area contributed by atoms with Gasteiger partial charge in [0, 0.05) is 41.8 Å². The zero-order valence-electron chi connectivity index (χ0n) is 19.4. The number of nitrogens with one attached hydrogen (secondary N) is 1. The number of hydrogen-bond donors (Lipinski definition) is 3. The zero-order valence-corrected chi connectivity index (χ0v) is 19.4. The molecule has 1 amide bonds. The molecule has 0 saturated heterocycles. The van der Waals surface area contributed by atoms with Gasteiger partial charge in [0.05, 0.1) is 11.7 Å². The molecule has 2 aliphatic heterocycles. The summed E-state index contributed by atoms with van der Waals surface area (Å²) in [7, 11) is 0. The van der Waals surface area contributed by atoms with Crippen LogP contribution >= 0.6 is 0 Å². The van der Waals surface area contributed by atoms with Gasteiger partial charge in [-0.2, -0.15) is 0 Å². The summed E-state index contributed by atoms with van der Waals surface area (Å²) in [5.74, 6) is 0.474. The Balaban J connectivity index is 1.62. The number of rotatable bonds is 1. The van der Waals surface area contributed by atoms with Crippen LogP contribution in [0.4, 0.5) is 0 Å². The van der Waals surface area contributed by atoms with Gasteiger partial charge in [-0.15, -0.1) is 0 Å². The van der Waals surface area contributed by atoms with E-state index in [9.17, 15) is 19.8 Å². The summed E-state index contributed by atoms with van der Waals surface area (Å²) >= 11 is 0. The van der Waals surface area contributed by atoms with Crippen molar-refractivity contribution in [1.29, 1.82) is 0 Å². The minimum atomic E-state index is -0.813.